The van der Waals surface area contributed by atoms with E-state index in [0.29, 0.717) is 6.07 Å². The van der Waals surface area contributed by atoms with Gasteiger partial charge in [0.15, 0.2) is 0 Å². The Balaban J connectivity index is 3.19. The summed E-state index contributed by atoms with van der Waals surface area (Å²) >= 11 is 4.52. The van der Waals surface area contributed by atoms with E-state index < -0.39 is 22.2 Å². The molecule has 0 spiro atoms. The summed E-state index contributed by atoms with van der Waals surface area (Å²) < 4.78 is 26.2. The molecule has 1 rings (SSSR count). The molecule has 15 heavy (non-hydrogen) atoms. The van der Waals surface area contributed by atoms with Crippen LogP contribution in [-0.4, -0.2) is 9.91 Å². The van der Waals surface area contributed by atoms with E-state index in [4.69, 9.17) is 5.73 Å². The molecule has 0 aliphatic heterocycles. The molecule has 1 aromatic carbocycles. The van der Waals surface area contributed by atoms with Gasteiger partial charge in [-0.05, 0) is 11.6 Å². The van der Waals surface area contributed by atoms with Crippen LogP contribution in [0, 0.1) is 21.7 Å². The number of thiocarbonyl (C=S) groups is 1. The molecule has 0 saturated heterocycles. The van der Waals surface area contributed by atoms with Crippen molar-refractivity contribution in [1.29, 1.82) is 0 Å². The highest BCUT2D eigenvalue weighted by Gasteiger charge is 2.18. The molecule has 2 N–H and O–H groups in total. The van der Waals surface area contributed by atoms with Crippen molar-refractivity contribution < 1.29 is 13.7 Å². The number of rotatable bonds is 3. The third-order valence-corrected chi connectivity index (χ3v) is 1.82. The van der Waals surface area contributed by atoms with E-state index in [1.165, 1.54) is 0 Å². The highest BCUT2D eigenvalue weighted by atomic mass is 32.1. The standard InChI is InChI=1S/C8H6F2N2O2S/c9-5-3-7(12(13)14)6(10)1-4(5)2-8(11)15/h1,3H,2H2,(H2,11,15). The molecule has 0 heterocycles. The largest absolute Gasteiger partial charge is 0.393 e. The Hall–Kier alpha value is -1.63. The fourth-order valence-electron chi connectivity index (χ4n) is 1.04. The summed E-state index contributed by atoms with van der Waals surface area (Å²) in [6.45, 7) is 0. The van der Waals surface area contributed by atoms with Gasteiger partial charge in [0.05, 0.1) is 16.0 Å². The Labute approximate surface area is 88.8 Å². The summed E-state index contributed by atoms with van der Waals surface area (Å²) in [5.41, 5.74) is 4.15. The third-order valence-electron chi connectivity index (χ3n) is 1.68. The average Bonchev–Trinajstić information content (AvgIpc) is 2.09. The molecule has 80 valence electrons. The van der Waals surface area contributed by atoms with E-state index in [1.54, 1.807) is 0 Å². The number of nitrogens with two attached hydrogens (primary N) is 1. The summed E-state index contributed by atoms with van der Waals surface area (Å²) in [4.78, 5) is 9.25. The van der Waals surface area contributed by atoms with Crippen molar-refractivity contribution in [3.8, 4) is 0 Å². The van der Waals surface area contributed by atoms with E-state index in [9.17, 15) is 18.9 Å². The van der Waals surface area contributed by atoms with Gasteiger partial charge in [0, 0.05) is 6.42 Å². The maximum Gasteiger partial charge on any atom is 0.307 e. The Morgan fingerprint density at radius 3 is 2.53 bits per heavy atom. The van der Waals surface area contributed by atoms with Crippen molar-refractivity contribution in [2.24, 2.45) is 5.73 Å². The van der Waals surface area contributed by atoms with Crippen molar-refractivity contribution in [3.05, 3.63) is 39.4 Å². The summed E-state index contributed by atoms with van der Waals surface area (Å²) in [5.74, 6) is -2.00. The van der Waals surface area contributed by atoms with Crippen molar-refractivity contribution in [2.45, 2.75) is 6.42 Å². The Bertz CT molecular complexity index is 437. The number of nitro benzene ring substituents is 1. The van der Waals surface area contributed by atoms with Crippen molar-refractivity contribution in [3.63, 3.8) is 0 Å². The Kier molecular flexibility index (Phi) is 3.25. The fraction of sp³-hybridized carbons (Fsp3) is 0.125. The lowest BCUT2D eigenvalue weighted by Gasteiger charge is -2.02. The van der Waals surface area contributed by atoms with E-state index in [2.05, 4.69) is 12.2 Å². The van der Waals surface area contributed by atoms with E-state index in [-0.39, 0.29) is 17.0 Å². The number of hydrogen-bond donors (Lipinski definition) is 1. The van der Waals surface area contributed by atoms with Crippen LogP contribution in [0.15, 0.2) is 12.1 Å². The molecule has 0 atom stereocenters. The van der Waals surface area contributed by atoms with E-state index in [1.807, 2.05) is 0 Å². The van der Waals surface area contributed by atoms with Crippen LogP contribution in [0.2, 0.25) is 0 Å². The number of hydrogen-bond acceptors (Lipinski definition) is 3. The zero-order valence-electron chi connectivity index (χ0n) is 7.37. The number of benzene rings is 1. The predicted octanol–water partition coefficient (Wildman–Crippen LogP) is 1.70. The monoisotopic (exact) mass is 232 g/mol. The first-order chi connectivity index (χ1) is 6.91. The maximum absolute atomic E-state index is 13.2. The minimum Gasteiger partial charge on any atom is -0.393 e. The molecule has 1 aromatic rings. The molecule has 4 nitrogen and oxygen atoms in total. The van der Waals surface area contributed by atoms with Crippen LogP contribution in [0.1, 0.15) is 5.56 Å². The van der Waals surface area contributed by atoms with Gasteiger partial charge in [0.1, 0.15) is 5.82 Å². The molecule has 0 saturated carbocycles. The van der Waals surface area contributed by atoms with Crippen molar-refractivity contribution in [1.82, 2.24) is 0 Å². The molecule has 0 amide bonds. The van der Waals surface area contributed by atoms with Gasteiger partial charge in [-0.15, -0.1) is 0 Å². The third kappa shape index (κ3) is 2.66. The van der Waals surface area contributed by atoms with Gasteiger partial charge in [-0.2, -0.15) is 4.39 Å². The van der Waals surface area contributed by atoms with Gasteiger partial charge >= 0.3 is 5.69 Å². The van der Waals surface area contributed by atoms with Crippen LogP contribution in [0.25, 0.3) is 0 Å². The molecule has 0 aliphatic carbocycles. The molecule has 0 aromatic heterocycles. The minimum atomic E-state index is -1.10. The Morgan fingerprint density at radius 2 is 2.07 bits per heavy atom. The first-order valence-electron chi connectivity index (χ1n) is 3.82. The first kappa shape index (κ1) is 11.4. The molecule has 0 bridgehead atoms. The van der Waals surface area contributed by atoms with Crippen LogP contribution < -0.4 is 5.73 Å². The van der Waals surface area contributed by atoms with Gasteiger partial charge in [-0.1, -0.05) is 12.2 Å². The smallest absolute Gasteiger partial charge is 0.307 e. The second-order valence-corrected chi connectivity index (χ2v) is 3.32. The molecule has 0 unspecified atom stereocenters. The van der Waals surface area contributed by atoms with Crippen LogP contribution in [0.3, 0.4) is 0 Å². The maximum atomic E-state index is 13.2. The lowest BCUT2D eigenvalue weighted by atomic mass is 10.1. The van der Waals surface area contributed by atoms with E-state index in [0.717, 1.165) is 6.07 Å². The van der Waals surface area contributed by atoms with Gasteiger partial charge in [-0.25, -0.2) is 4.39 Å². The lowest BCUT2D eigenvalue weighted by molar-refractivity contribution is -0.387. The molecule has 7 heteroatoms. The fourth-order valence-corrected chi connectivity index (χ4v) is 1.20. The highest BCUT2D eigenvalue weighted by molar-refractivity contribution is 7.80. The van der Waals surface area contributed by atoms with Crippen LogP contribution in [-0.2, 0) is 6.42 Å². The first-order valence-corrected chi connectivity index (χ1v) is 4.23. The summed E-state index contributed by atoms with van der Waals surface area (Å²) in [6.07, 6.45) is -0.129. The van der Waals surface area contributed by atoms with Crippen LogP contribution >= 0.6 is 12.2 Å². The number of halogens is 2. The SMILES string of the molecule is NC(=S)Cc1cc(F)c([N+](=O)[O-])cc1F. The van der Waals surface area contributed by atoms with Gasteiger partial charge in [0.25, 0.3) is 0 Å². The molecular weight excluding hydrogens is 226 g/mol. The molecular formula is C8H6F2N2O2S. The zero-order chi connectivity index (χ0) is 11.6. The summed E-state index contributed by atoms with van der Waals surface area (Å²) in [5, 5.41) is 10.3. The quantitative estimate of drug-likeness (QED) is 0.489. The molecule has 0 fully saturated rings. The average molecular weight is 232 g/mol. The number of nitrogens with zero attached hydrogens (tertiary/aromatic N) is 1. The summed E-state index contributed by atoms with van der Waals surface area (Å²) in [6, 6.07) is 1.25. The van der Waals surface area contributed by atoms with E-state index >= 15 is 0 Å². The van der Waals surface area contributed by atoms with Gasteiger partial charge < -0.3 is 5.73 Å². The van der Waals surface area contributed by atoms with Crippen molar-refractivity contribution >= 4 is 22.9 Å². The highest BCUT2D eigenvalue weighted by Crippen LogP contribution is 2.21. The van der Waals surface area contributed by atoms with Gasteiger partial charge in [0.2, 0.25) is 5.82 Å². The van der Waals surface area contributed by atoms with Gasteiger partial charge in [-0.3, -0.25) is 10.1 Å². The van der Waals surface area contributed by atoms with Crippen molar-refractivity contribution in [2.75, 3.05) is 0 Å². The van der Waals surface area contributed by atoms with Crippen LogP contribution in [0.5, 0.6) is 0 Å². The molecule has 0 radical (unpaired) electrons. The second kappa shape index (κ2) is 4.26. The normalized spacial score (nSPS) is 10.0. The van der Waals surface area contributed by atoms with Crippen LogP contribution in [0.4, 0.5) is 14.5 Å². The topological polar surface area (TPSA) is 69.2 Å². The zero-order valence-corrected chi connectivity index (χ0v) is 8.18. The molecule has 0 aliphatic rings. The summed E-state index contributed by atoms with van der Waals surface area (Å²) in [7, 11) is 0. The Morgan fingerprint density at radius 1 is 1.47 bits per heavy atom. The second-order valence-electron chi connectivity index (χ2n) is 2.80. The number of nitro groups is 1. The minimum absolute atomic E-state index is 0.0119. The lowest BCUT2D eigenvalue weighted by Crippen LogP contribution is -2.12. The predicted molar refractivity (Wildman–Crippen MR) is 53.5 cm³/mol.